The van der Waals surface area contributed by atoms with Crippen molar-refractivity contribution in [3.63, 3.8) is 0 Å². The van der Waals surface area contributed by atoms with Crippen LogP contribution in [0.3, 0.4) is 0 Å². The predicted octanol–water partition coefficient (Wildman–Crippen LogP) is 17.4. The van der Waals surface area contributed by atoms with E-state index in [-0.39, 0.29) is 18.9 Å². The number of carbonyl (C=O) groups is 1. The summed E-state index contributed by atoms with van der Waals surface area (Å²) in [6.45, 7) is 4.24. The van der Waals surface area contributed by atoms with Crippen LogP contribution < -0.4 is 5.32 Å². The molecule has 0 aliphatic rings. The highest BCUT2D eigenvalue weighted by Crippen LogP contribution is 2.17. The van der Waals surface area contributed by atoms with Gasteiger partial charge in [0.25, 0.3) is 0 Å². The van der Waals surface area contributed by atoms with E-state index in [9.17, 15) is 20.1 Å². The molecule has 1 amide bonds. The average molecular weight is 887 g/mol. The van der Waals surface area contributed by atoms with Gasteiger partial charge in [-0.15, -0.1) is 0 Å². The van der Waals surface area contributed by atoms with Gasteiger partial charge in [-0.2, -0.15) is 0 Å². The number of unbranched alkanes of at least 4 members (excludes halogenated alkanes) is 39. The minimum atomic E-state index is -0.930. The number of carbonyl (C=O) groups excluding carboxylic acids is 1. The zero-order valence-electron chi connectivity index (χ0n) is 42.5. The number of hydrogen-bond donors (Lipinski definition) is 4. The highest BCUT2D eigenvalue weighted by atomic mass is 16.3. The summed E-state index contributed by atoms with van der Waals surface area (Å²) < 4.78 is 0. The number of hydrogen-bond acceptors (Lipinski definition) is 4. The Hall–Kier alpha value is -1.43. The van der Waals surface area contributed by atoms with E-state index in [2.05, 4.69) is 43.5 Å². The van der Waals surface area contributed by atoms with Crippen molar-refractivity contribution >= 4 is 5.91 Å². The Kier molecular flexibility index (Phi) is 52.0. The highest BCUT2D eigenvalue weighted by molar-refractivity contribution is 5.76. The molecule has 0 aromatic heterocycles. The van der Waals surface area contributed by atoms with Crippen molar-refractivity contribution < 1.29 is 20.1 Å². The van der Waals surface area contributed by atoms with Crippen LogP contribution in [0.4, 0.5) is 0 Å². The molecular weight excluding hydrogens is 775 g/mol. The molecule has 0 aromatic carbocycles. The topological polar surface area (TPSA) is 89.8 Å². The van der Waals surface area contributed by atoms with Crippen LogP contribution in [0.5, 0.6) is 0 Å². The number of amides is 1. The van der Waals surface area contributed by atoms with Gasteiger partial charge < -0.3 is 20.6 Å². The minimum Gasteiger partial charge on any atom is -0.394 e. The van der Waals surface area contributed by atoms with E-state index in [0.717, 1.165) is 32.1 Å². The lowest BCUT2D eigenvalue weighted by Crippen LogP contribution is -2.45. The Morgan fingerprint density at radius 3 is 1.05 bits per heavy atom. The highest BCUT2D eigenvalue weighted by Gasteiger charge is 2.20. The lowest BCUT2D eigenvalue weighted by Gasteiger charge is -2.21. The van der Waals surface area contributed by atoms with E-state index in [0.29, 0.717) is 6.42 Å². The normalized spacial score (nSPS) is 13.5. The Bertz CT molecular complexity index is 978. The first-order valence-corrected chi connectivity index (χ1v) is 28.3. The molecule has 0 heterocycles. The molecule has 4 N–H and O–H groups in total. The van der Waals surface area contributed by atoms with Crippen molar-refractivity contribution in [2.45, 2.75) is 321 Å². The van der Waals surface area contributed by atoms with E-state index < -0.39 is 18.2 Å². The third kappa shape index (κ3) is 49.8. The number of allylic oxidation sites excluding steroid dienone is 5. The Morgan fingerprint density at radius 2 is 0.714 bits per heavy atom. The number of nitrogens with one attached hydrogen (secondary N) is 1. The summed E-state index contributed by atoms with van der Waals surface area (Å²) in [5.74, 6) is -0.313. The Labute approximate surface area is 394 Å². The maximum atomic E-state index is 12.5. The van der Waals surface area contributed by atoms with E-state index >= 15 is 0 Å². The molecule has 63 heavy (non-hydrogen) atoms. The van der Waals surface area contributed by atoms with Crippen molar-refractivity contribution in [2.75, 3.05) is 6.61 Å². The van der Waals surface area contributed by atoms with Gasteiger partial charge in [0.05, 0.1) is 31.3 Å². The van der Waals surface area contributed by atoms with Gasteiger partial charge in [0.2, 0.25) is 5.91 Å². The van der Waals surface area contributed by atoms with Crippen molar-refractivity contribution in [1.29, 1.82) is 0 Å². The molecule has 0 aromatic rings. The van der Waals surface area contributed by atoms with Gasteiger partial charge >= 0.3 is 0 Å². The quantitative estimate of drug-likeness (QED) is 0.0362. The van der Waals surface area contributed by atoms with Crippen molar-refractivity contribution in [3.05, 3.63) is 36.5 Å². The second kappa shape index (κ2) is 53.2. The molecule has 0 saturated carbocycles. The molecule has 0 rings (SSSR count). The van der Waals surface area contributed by atoms with Crippen LogP contribution in [0.1, 0.15) is 303 Å². The fourth-order valence-electron chi connectivity index (χ4n) is 8.84. The third-order valence-electron chi connectivity index (χ3n) is 13.2. The SMILES string of the molecule is CCCCCCCCCCC/C=C\C/C=C\CCCCCCCCCCCCCC(O)CC(=O)NC(CO)C(O)/C=C/CCCCCCCCCCCCCCCCCCCCC. The zero-order valence-corrected chi connectivity index (χ0v) is 42.5. The van der Waals surface area contributed by atoms with Crippen LogP contribution in [0.25, 0.3) is 0 Å². The van der Waals surface area contributed by atoms with Gasteiger partial charge in [-0.05, 0) is 51.4 Å². The summed E-state index contributed by atoms with van der Waals surface area (Å²) in [6.07, 6.45) is 69.0. The summed E-state index contributed by atoms with van der Waals surface area (Å²) >= 11 is 0. The molecule has 5 heteroatoms. The molecule has 3 unspecified atom stereocenters. The molecule has 0 fully saturated rings. The van der Waals surface area contributed by atoms with E-state index in [1.807, 2.05) is 6.08 Å². The molecule has 3 atom stereocenters. The Morgan fingerprint density at radius 1 is 0.413 bits per heavy atom. The minimum absolute atomic E-state index is 0.0133. The second-order valence-corrected chi connectivity index (χ2v) is 19.5. The molecule has 0 bridgehead atoms. The fourth-order valence-corrected chi connectivity index (χ4v) is 8.84. The molecule has 0 saturated heterocycles. The molecule has 0 aliphatic heterocycles. The van der Waals surface area contributed by atoms with E-state index in [1.54, 1.807) is 6.08 Å². The van der Waals surface area contributed by atoms with Crippen LogP contribution >= 0.6 is 0 Å². The molecule has 0 spiro atoms. The molecule has 0 radical (unpaired) electrons. The van der Waals surface area contributed by atoms with Gasteiger partial charge in [-0.3, -0.25) is 4.79 Å². The van der Waals surface area contributed by atoms with Crippen LogP contribution in [0.2, 0.25) is 0 Å². The second-order valence-electron chi connectivity index (χ2n) is 19.5. The first kappa shape index (κ1) is 61.6. The average Bonchev–Trinajstić information content (AvgIpc) is 3.28. The van der Waals surface area contributed by atoms with Crippen LogP contribution in [0, 0.1) is 0 Å². The third-order valence-corrected chi connectivity index (χ3v) is 13.2. The largest absolute Gasteiger partial charge is 0.394 e. The molecule has 5 nitrogen and oxygen atoms in total. The summed E-state index contributed by atoms with van der Waals surface area (Å²) in [4.78, 5) is 12.5. The summed E-state index contributed by atoms with van der Waals surface area (Å²) in [5, 5.41) is 33.5. The van der Waals surface area contributed by atoms with Crippen LogP contribution in [-0.4, -0.2) is 46.1 Å². The monoisotopic (exact) mass is 886 g/mol. The molecule has 0 aliphatic carbocycles. The van der Waals surface area contributed by atoms with Gasteiger partial charge in [0.15, 0.2) is 0 Å². The smallest absolute Gasteiger partial charge is 0.222 e. The summed E-state index contributed by atoms with van der Waals surface area (Å²) in [6, 6.07) is -0.746. The van der Waals surface area contributed by atoms with E-state index in [4.69, 9.17) is 0 Å². The fraction of sp³-hybridized carbons (Fsp3) is 0.879. The summed E-state index contributed by atoms with van der Waals surface area (Å²) in [7, 11) is 0. The van der Waals surface area contributed by atoms with Gasteiger partial charge in [-0.25, -0.2) is 0 Å². The Balaban J connectivity index is 3.58. The predicted molar refractivity (Wildman–Crippen MR) is 278 cm³/mol. The van der Waals surface area contributed by atoms with E-state index in [1.165, 1.54) is 244 Å². The maximum Gasteiger partial charge on any atom is 0.222 e. The van der Waals surface area contributed by atoms with Crippen LogP contribution in [-0.2, 0) is 4.79 Å². The molecule has 372 valence electrons. The van der Waals surface area contributed by atoms with Crippen molar-refractivity contribution in [3.8, 4) is 0 Å². The molecular formula is C58H111NO4. The standard InChI is InChI=1S/C58H111NO4/c1-3-5-7-9-11-13-15-17-19-21-23-25-26-27-28-29-30-32-33-35-37-39-41-43-45-47-49-51-55(61)53-58(63)59-56(54-60)57(62)52-50-48-46-44-42-40-38-36-34-31-24-22-20-18-16-14-12-10-8-6-4-2/h23,25,27-28,50,52,55-57,60-62H,3-22,24,26,29-49,51,53-54H2,1-2H3,(H,59,63)/b25-23-,28-27-,52-50+. The summed E-state index contributed by atoms with van der Waals surface area (Å²) in [5.41, 5.74) is 0. The van der Waals surface area contributed by atoms with Crippen molar-refractivity contribution in [1.82, 2.24) is 5.32 Å². The first-order valence-electron chi connectivity index (χ1n) is 28.3. The van der Waals surface area contributed by atoms with Crippen LogP contribution in [0.15, 0.2) is 36.5 Å². The lowest BCUT2D eigenvalue weighted by molar-refractivity contribution is -0.124. The number of aliphatic hydroxyl groups excluding tert-OH is 3. The first-order chi connectivity index (χ1) is 31.0. The van der Waals surface area contributed by atoms with Gasteiger partial charge in [0, 0.05) is 0 Å². The van der Waals surface area contributed by atoms with Gasteiger partial charge in [-0.1, -0.05) is 281 Å². The zero-order chi connectivity index (χ0) is 45.8. The van der Waals surface area contributed by atoms with Gasteiger partial charge in [0.1, 0.15) is 0 Å². The van der Waals surface area contributed by atoms with Crippen molar-refractivity contribution in [2.24, 2.45) is 0 Å². The number of aliphatic hydroxyl groups is 3. The maximum absolute atomic E-state index is 12.5. The lowest BCUT2D eigenvalue weighted by atomic mass is 10.0. The number of rotatable bonds is 52.